The minimum atomic E-state index is -0.837. The van der Waals surface area contributed by atoms with Gasteiger partial charge in [0.15, 0.2) is 0 Å². The maximum Gasteiger partial charge on any atom is 0.337 e. The van der Waals surface area contributed by atoms with Crippen molar-refractivity contribution in [3.05, 3.63) is 94.5 Å². The Hall–Kier alpha value is -4.20. The van der Waals surface area contributed by atoms with Gasteiger partial charge in [0.2, 0.25) is 0 Å². The molecule has 2 heterocycles. The van der Waals surface area contributed by atoms with Gasteiger partial charge in [0.05, 0.1) is 34.8 Å². The van der Waals surface area contributed by atoms with Gasteiger partial charge >= 0.3 is 23.9 Å². The van der Waals surface area contributed by atoms with Gasteiger partial charge in [-0.15, -0.1) is 0 Å². The molecule has 0 amide bonds. The summed E-state index contributed by atoms with van der Waals surface area (Å²) < 4.78 is 22.7. The second kappa shape index (κ2) is 11.1. The van der Waals surface area contributed by atoms with E-state index in [2.05, 4.69) is 0 Å². The lowest BCUT2D eigenvalue weighted by Gasteiger charge is -2.39. The number of cyclic esters (lactones) is 2. The van der Waals surface area contributed by atoms with E-state index in [1.165, 1.54) is 0 Å². The smallest absolute Gasteiger partial charge is 0.337 e. The second-order valence-electron chi connectivity index (χ2n) is 11.2. The average Bonchev–Trinajstić information content (AvgIpc) is 2.93. The molecule has 4 rings (SSSR count). The van der Waals surface area contributed by atoms with Gasteiger partial charge in [0.1, 0.15) is 23.7 Å². The van der Waals surface area contributed by atoms with E-state index in [9.17, 15) is 19.2 Å². The molecule has 2 aliphatic rings. The molecule has 0 aromatic heterocycles. The molecule has 0 N–H and O–H groups in total. The highest BCUT2D eigenvalue weighted by Crippen LogP contribution is 2.49. The Morgan fingerprint density at radius 3 is 1.30 bits per heavy atom. The number of ether oxygens (including phenoxy) is 4. The third-order valence-corrected chi connectivity index (χ3v) is 7.39. The molecule has 8 heteroatoms. The van der Waals surface area contributed by atoms with Crippen LogP contribution in [-0.4, -0.2) is 23.9 Å². The number of hydrogen-bond donors (Lipinski definition) is 0. The monoisotopic (exact) mass is 546 g/mol. The van der Waals surface area contributed by atoms with Crippen LogP contribution in [0.2, 0.25) is 0 Å². The molecule has 0 bridgehead atoms. The highest BCUT2D eigenvalue weighted by molar-refractivity contribution is 5.91. The maximum absolute atomic E-state index is 12.9. The summed E-state index contributed by atoms with van der Waals surface area (Å²) in [6, 6.07) is 18.5. The Morgan fingerprint density at radius 1 is 0.650 bits per heavy atom. The van der Waals surface area contributed by atoms with Crippen molar-refractivity contribution in [2.24, 2.45) is 10.8 Å². The van der Waals surface area contributed by atoms with Crippen molar-refractivity contribution >= 4 is 23.9 Å². The third-order valence-electron chi connectivity index (χ3n) is 7.39. The number of benzene rings is 2. The molecule has 0 spiro atoms. The van der Waals surface area contributed by atoms with E-state index in [-0.39, 0.29) is 35.5 Å². The summed E-state index contributed by atoms with van der Waals surface area (Å²) >= 11 is 0. The molecule has 0 saturated carbocycles. The number of rotatable bonds is 7. The summed E-state index contributed by atoms with van der Waals surface area (Å²) in [5.41, 5.74) is 0.270. The van der Waals surface area contributed by atoms with Crippen LogP contribution in [0.1, 0.15) is 77.7 Å². The topological polar surface area (TPSA) is 105 Å². The van der Waals surface area contributed by atoms with Gasteiger partial charge in [-0.1, -0.05) is 60.7 Å². The first-order valence-corrected chi connectivity index (χ1v) is 13.2. The van der Waals surface area contributed by atoms with Crippen LogP contribution in [-0.2, 0) is 38.1 Å². The van der Waals surface area contributed by atoms with E-state index >= 15 is 0 Å². The van der Waals surface area contributed by atoms with Gasteiger partial charge in [-0.2, -0.15) is 0 Å². The van der Waals surface area contributed by atoms with Crippen molar-refractivity contribution in [3.63, 3.8) is 0 Å². The molecule has 8 nitrogen and oxygen atoms in total. The predicted octanol–water partition coefficient (Wildman–Crippen LogP) is 6.05. The van der Waals surface area contributed by atoms with Gasteiger partial charge < -0.3 is 18.9 Å². The molecule has 2 aliphatic heterocycles. The largest absolute Gasteiger partial charge is 0.453 e. The zero-order chi connectivity index (χ0) is 29.2. The molecular weight excluding hydrogens is 512 g/mol. The first-order valence-electron chi connectivity index (χ1n) is 13.2. The summed E-state index contributed by atoms with van der Waals surface area (Å²) in [5.74, 6) is -2.10. The Morgan fingerprint density at radius 2 is 0.975 bits per heavy atom. The van der Waals surface area contributed by atoms with Gasteiger partial charge in [-0.25, -0.2) is 9.59 Å². The van der Waals surface area contributed by atoms with Gasteiger partial charge in [-0.3, -0.25) is 9.59 Å². The fraction of sp³-hybridized carbons (Fsp3) is 0.375. The summed E-state index contributed by atoms with van der Waals surface area (Å²) in [4.78, 5) is 50.9. The van der Waals surface area contributed by atoms with Crippen LogP contribution in [0, 0.1) is 10.8 Å². The molecule has 0 saturated heterocycles. The lowest BCUT2D eigenvalue weighted by molar-refractivity contribution is -0.162. The standard InChI is InChI=1S/C32H34O8/c1-19-25(31(3,4)27(39-29(19)35)21-13-9-7-10-14-21)37-23(33)17-18-24(34)38-26-20(2)30(36)40-28(32(26,5)6)22-15-11-8-12-16-22/h7-16,27-28H,17-18H2,1-6H3/t27-,28-/m1/s1. The predicted molar refractivity (Wildman–Crippen MR) is 145 cm³/mol. The summed E-state index contributed by atoms with van der Waals surface area (Å²) in [5, 5.41) is 0. The van der Waals surface area contributed by atoms with Crippen LogP contribution < -0.4 is 0 Å². The normalized spacial score (nSPS) is 21.9. The molecule has 0 fully saturated rings. The van der Waals surface area contributed by atoms with Gasteiger partial charge in [0, 0.05) is 0 Å². The summed E-state index contributed by atoms with van der Waals surface area (Å²) in [6.45, 7) is 10.4. The number of hydrogen-bond acceptors (Lipinski definition) is 8. The molecule has 0 radical (unpaired) electrons. The van der Waals surface area contributed by atoms with Crippen molar-refractivity contribution in [1.29, 1.82) is 0 Å². The van der Waals surface area contributed by atoms with E-state index in [0.717, 1.165) is 11.1 Å². The molecule has 0 aliphatic carbocycles. The molecule has 210 valence electrons. The highest BCUT2D eigenvalue weighted by atomic mass is 16.6. The van der Waals surface area contributed by atoms with E-state index in [1.54, 1.807) is 13.8 Å². The molecule has 40 heavy (non-hydrogen) atoms. The Bertz CT molecular complexity index is 1280. The van der Waals surface area contributed by atoms with Crippen LogP contribution in [0.4, 0.5) is 0 Å². The lowest BCUT2D eigenvalue weighted by atomic mass is 9.77. The van der Waals surface area contributed by atoms with Crippen molar-refractivity contribution in [2.45, 2.75) is 66.6 Å². The van der Waals surface area contributed by atoms with Crippen LogP contribution >= 0.6 is 0 Å². The molecule has 2 aromatic rings. The van der Waals surface area contributed by atoms with Crippen molar-refractivity contribution in [1.82, 2.24) is 0 Å². The quantitative estimate of drug-likeness (QED) is 0.305. The average molecular weight is 547 g/mol. The van der Waals surface area contributed by atoms with E-state index in [4.69, 9.17) is 18.9 Å². The Kier molecular flexibility index (Phi) is 8.00. The van der Waals surface area contributed by atoms with Gasteiger partial charge in [-0.05, 0) is 52.7 Å². The molecular formula is C32H34O8. The minimum absolute atomic E-state index is 0.198. The Labute approximate surface area is 233 Å². The second-order valence-corrected chi connectivity index (χ2v) is 11.2. The van der Waals surface area contributed by atoms with Crippen LogP contribution in [0.3, 0.4) is 0 Å². The SMILES string of the molecule is CC1=C(OC(=O)CCC(=O)OC2=C(C)C(=O)O[C@H](c3ccccc3)C2(C)C)C(C)(C)[C@@H](c2ccccc2)OC1=O. The minimum Gasteiger partial charge on any atom is -0.453 e. The van der Waals surface area contributed by atoms with Gasteiger partial charge in [0.25, 0.3) is 0 Å². The molecule has 2 aromatic carbocycles. The first-order chi connectivity index (χ1) is 18.8. The maximum atomic E-state index is 12.9. The van der Waals surface area contributed by atoms with Crippen molar-refractivity contribution in [2.75, 3.05) is 0 Å². The van der Waals surface area contributed by atoms with E-state index in [1.807, 2.05) is 88.4 Å². The zero-order valence-corrected chi connectivity index (χ0v) is 23.6. The summed E-state index contributed by atoms with van der Waals surface area (Å²) in [7, 11) is 0. The van der Waals surface area contributed by atoms with E-state index in [0.29, 0.717) is 0 Å². The third kappa shape index (κ3) is 5.57. The molecule has 0 unspecified atom stereocenters. The number of carbonyl (C=O) groups excluding carboxylic acids is 4. The zero-order valence-electron chi connectivity index (χ0n) is 23.6. The van der Waals surface area contributed by atoms with Crippen molar-refractivity contribution < 1.29 is 38.1 Å². The van der Waals surface area contributed by atoms with E-state index < -0.39 is 46.9 Å². The number of esters is 4. The van der Waals surface area contributed by atoms with Crippen LogP contribution in [0.5, 0.6) is 0 Å². The number of carbonyl (C=O) groups is 4. The lowest BCUT2D eigenvalue weighted by Crippen LogP contribution is -2.37. The summed E-state index contributed by atoms with van der Waals surface area (Å²) in [6.07, 6.45) is -1.87. The highest BCUT2D eigenvalue weighted by Gasteiger charge is 2.47. The van der Waals surface area contributed by atoms with Crippen LogP contribution in [0.25, 0.3) is 0 Å². The molecule has 2 atom stereocenters. The first kappa shape index (κ1) is 28.8. The fourth-order valence-electron chi connectivity index (χ4n) is 5.25. The Balaban J connectivity index is 1.44. The fourth-order valence-corrected chi connectivity index (χ4v) is 5.25. The van der Waals surface area contributed by atoms with Crippen LogP contribution in [0.15, 0.2) is 83.3 Å². The van der Waals surface area contributed by atoms with Crippen molar-refractivity contribution in [3.8, 4) is 0 Å².